The summed E-state index contributed by atoms with van der Waals surface area (Å²) in [6.45, 7) is 6.94. The molecule has 1 amide bonds. The number of nitrogens with one attached hydrogen (secondary N) is 1. The maximum Gasteiger partial charge on any atom is 0.255 e. The largest absolute Gasteiger partial charge is 0.496 e. The first-order valence-electron chi connectivity index (χ1n) is 8.48. The van der Waals surface area contributed by atoms with E-state index < -0.39 is 0 Å². The van der Waals surface area contributed by atoms with Crippen LogP contribution in [-0.4, -0.2) is 55.8 Å². The van der Waals surface area contributed by atoms with Crippen molar-refractivity contribution in [3.63, 3.8) is 0 Å². The van der Waals surface area contributed by atoms with Crippen molar-refractivity contribution in [3.8, 4) is 5.75 Å². The molecule has 132 valence electrons. The van der Waals surface area contributed by atoms with Gasteiger partial charge < -0.3 is 14.8 Å². The molecule has 24 heavy (non-hydrogen) atoms. The molecule has 1 aromatic carbocycles. The molecule has 5 nitrogen and oxygen atoms in total. The lowest BCUT2D eigenvalue weighted by molar-refractivity contribution is -0.0683. The molecule has 2 saturated heterocycles. The van der Waals surface area contributed by atoms with Crippen molar-refractivity contribution in [2.24, 2.45) is 5.92 Å². The number of ether oxygens (including phenoxy) is 2. The third-order valence-corrected chi connectivity index (χ3v) is 5.17. The molecular formula is C18H25ClN2O3. The number of benzene rings is 1. The molecule has 6 heteroatoms. The maximum atomic E-state index is 12.6. The van der Waals surface area contributed by atoms with Gasteiger partial charge in [0.2, 0.25) is 0 Å². The minimum Gasteiger partial charge on any atom is -0.496 e. The van der Waals surface area contributed by atoms with Crippen LogP contribution in [-0.2, 0) is 4.74 Å². The smallest absolute Gasteiger partial charge is 0.255 e. The summed E-state index contributed by atoms with van der Waals surface area (Å²) < 4.78 is 11.2. The minimum atomic E-state index is -0.116. The zero-order chi connectivity index (χ0) is 17.3. The zero-order valence-corrected chi connectivity index (χ0v) is 15.2. The summed E-state index contributed by atoms with van der Waals surface area (Å²) in [5, 5.41) is 3.68. The van der Waals surface area contributed by atoms with Crippen molar-refractivity contribution in [2.45, 2.75) is 38.5 Å². The van der Waals surface area contributed by atoms with Gasteiger partial charge in [0.05, 0.1) is 25.4 Å². The number of fused-ring (bicyclic) bond motifs is 1. The molecule has 0 saturated carbocycles. The van der Waals surface area contributed by atoms with Crippen molar-refractivity contribution < 1.29 is 14.3 Å². The Morgan fingerprint density at radius 1 is 1.42 bits per heavy atom. The van der Waals surface area contributed by atoms with Crippen molar-refractivity contribution in [3.05, 3.63) is 28.8 Å². The van der Waals surface area contributed by atoms with E-state index in [1.807, 2.05) is 0 Å². The monoisotopic (exact) mass is 352 g/mol. The van der Waals surface area contributed by atoms with Crippen LogP contribution >= 0.6 is 11.6 Å². The van der Waals surface area contributed by atoms with E-state index in [9.17, 15) is 4.79 Å². The van der Waals surface area contributed by atoms with Crippen molar-refractivity contribution in [1.82, 2.24) is 10.2 Å². The van der Waals surface area contributed by atoms with Crippen LogP contribution in [0.3, 0.4) is 0 Å². The first-order valence-corrected chi connectivity index (χ1v) is 8.85. The Kier molecular flexibility index (Phi) is 5.33. The molecule has 0 aromatic heterocycles. The molecule has 0 spiro atoms. The van der Waals surface area contributed by atoms with E-state index >= 15 is 0 Å². The van der Waals surface area contributed by atoms with Crippen LogP contribution in [0.5, 0.6) is 5.75 Å². The normalized spacial score (nSPS) is 27.1. The van der Waals surface area contributed by atoms with Gasteiger partial charge in [0.25, 0.3) is 5.91 Å². The Morgan fingerprint density at radius 2 is 2.21 bits per heavy atom. The number of nitrogens with zero attached hydrogens (tertiary/aromatic N) is 1. The highest BCUT2D eigenvalue weighted by Crippen LogP contribution is 2.27. The standard InChI is InChI=1S/C18H25ClN2O3/c1-11(2)17-9-21-8-13(7-14(21)10-24-17)20-18(22)15-5-4-12(19)6-16(15)23-3/h4-6,11,13-14,17H,7-10H2,1-3H3,(H,20,22)/t13-,14+,17-/m1/s1. The second-order valence-electron chi connectivity index (χ2n) is 6.97. The zero-order valence-electron chi connectivity index (χ0n) is 14.4. The van der Waals surface area contributed by atoms with Gasteiger partial charge in [0.1, 0.15) is 5.75 Å². The number of halogens is 1. The van der Waals surface area contributed by atoms with Gasteiger partial charge in [-0.15, -0.1) is 0 Å². The molecular weight excluding hydrogens is 328 g/mol. The topological polar surface area (TPSA) is 50.8 Å². The first-order chi connectivity index (χ1) is 11.5. The summed E-state index contributed by atoms with van der Waals surface area (Å²) in [6.07, 6.45) is 1.21. The highest BCUT2D eigenvalue weighted by Gasteiger charge is 2.38. The van der Waals surface area contributed by atoms with E-state index in [-0.39, 0.29) is 18.1 Å². The van der Waals surface area contributed by atoms with Gasteiger partial charge >= 0.3 is 0 Å². The first kappa shape index (κ1) is 17.5. The van der Waals surface area contributed by atoms with Gasteiger partial charge in [-0.25, -0.2) is 0 Å². The van der Waals surface area contributed by atoms with Gasteiger partial charge in [-0.2, -0.15) is 0 Å². The van der Waals surface area contributed by atoms with Gasteiger partial charge in [0, 0.05) is 30.2 Å². The molecule has 3 rings (SSSR count). The van der Waals surface area contributed by atoms with E-state index in [0.717, 1.165) is 26.1 Å². The Labute approximate surface area is 148 Å². The van der Waals surface area contributed by atoms with Gasteiger partial charge in [-0.3, -0.25) is 9.69 Å². The lowest BCUT2D eigenvalue weighted by Gasteiger charge is -2.36. The predicted octanol–water partition coefficient (Wildman–Crippen LogP) is 2.58. The minimum absolute atomic E-state index is 0.116. The van der Waals surface area contributed by atoms with Crippen LogP contribution in [0.15, 0.2) is 18.2 Å². The van der Waals surface area contributed by atoms with Gasteiger partial charge in [-0.1, -0.05) is 25.4 Å². The number of carbonyl (C=O) groups excluding carboxylic acids is 1. The number of morpholine rings is 1. The van der Waals surface area contributed by atoms with Crippen molar-refractivity contribution in [2.75, 3.05) is 26.8 Å². The van der Waals surface area contributed by atoms with Crippen LogP contribution in [0.1, 0.15) is 30.6 Å². The molecule has 0 radical (unpaired) electrons. The average Bonchev–Trinajstić information content (AvgIpc) is 2.95. The van der Waals surface area contributed by atoms with Crippen LogP contribution in [0.4, 0.5) is 0 Å². The Bertz CT molecular complexity index is 608. The molecule has 0 bridgehead atoms. The number of amides is 1. The summed E-state index contributed by atoms with van der Waals surface area (Å²) in [7, 11) is 1.54. The van der Waals surface area contributed by atoms with E-state index in [1.165, 1.54) is 0 Å². The molecule has 0 unspecified atom stereocenters. The summed E-state index contributed by atoms with van der Waals surface area (Å²) in [5.74, 6) is 0.895. The summed E-state index contributed by atoms with van der Waals surface area (Å²) in [5.41, 5.74) is 0.517. The fourth-order valence-electron chi connectivity index (χ4n) is 3.52. The Hall–Kier alpha value is -1.30. The summed E-state index contributed by atoms with van der Waals surface area (Å²) in [4.78, 5) is 15.0. The van der Waals surface area contributed by atoms with Crippen LogP contribution < -0.4 is 10.1 Å². The van der Waals surface area contributed by atoms with Crippen molar-refractivity contribution in [1.29, 1.82) is 0 Å². The summed E-state index contributed by atoms with van der Waals surface area (Å²) >= 11 is 5.96. The molecule has 1 N–H and O–H groups in total. The van der Waals surface area contributed by atoms with E-state index in [2.05, 4.69) is 24.1 Å². The SMILES string of the molecule is COc1cc(Cl)ccc1C(=O)N[C@@H]1C[C@H]2CO[C@@H](C(C)C)CN2C1. The molecule has 2 heterocycles. The van der Waals surface area contributed by atoms with E-state index in [0.29, 0.717) is 28.3 Å². The maximum absolute atomic E-state index is 12.6. The number of hydrogen-bond donors (Lipinski definition) is 1. The van der Waals surface area contributed by atoms with E-state index in [1.54, 1.807) is 25.3 Å². The number of methoxy groups -OCH3 is 1. The number of hydrogen-bond acceptors (Lipinski definition) is 4. The molecule has 1 aromatic rings. The molecule has 2 aliphatic rings. The Balaban J connectivity index is 1.62. The van der Waals surface area contributed by atoms with Gasteiger partial charge in [0.15, 0.2) is 0 Å². The number of carbonyl (C=O) groups is 1. The van der Waals surface area contributed by atoms with Crippen molar-refractivity contribution >= 4 is 17.5 Å². The molecule has 3 atom stereocenters. The fourth-order valence-corrected chi connectivity index (χ4v) is 3.69. The second-order valence-corrected chi connectivity index (χ2v) is 7.41. The quantitative estimate of drug-likeness (QED) is 0.904. The number of rotatable bonds is 4. The molecule has 2 aliphatic heterocycles. The highest BCUT2D eigenvalue weighted by atomic mass is 35.5. The van der Waals surface area contributed by atoms with E-state index in [4.69, 9.17) is 21.1 Å². The second kappa shape index (κ2) is 7.30. The average molecular weight is 353 g/mol. The highest BCUT2D eigenvalue weighted by molar-refractivity contribution is 6.30. The molecule has 2 fully saturated rings. The van der Waals surface area contributed by atoms with Crippen LogP contribution in [0.2, 0.25) is 5.02 Å². The third kappa shape index (κ3) is 3.68. The van der Waals surface area contributed by atoms with Crippen LogP contribution in [0.25, 0.3) is 0 Å². The third-order valence-electron chi connectivity index (χ3n) is 4.93. The van der Waals surface area contributed by atoms with Crippen LogP contribution in [0, 0.1) is 5.92 Å². The molecule has 0 aliphatic carbocycles. The lowest BCUT2D eigenvalue weighted by Crippen LogP contribution is -2.48. The lowest BCUT2D eigenvalue weighted by atomic mass is 10.0. The summed E-state index contributed by atoms with van der Waals surface area (Å²) in [6, 6.07) is 5.61. The fraction of sp³-hybridized carbons (Fsp3) is 0.611. The Morgan fingerprint density at radius 3 is 2.92 bits per heavy atom. The predicted molar refractivity (Wildman–Crippen MR) is 93.8 cm³/mol. The van der Waals surface area contributed by atoms with Gasteiger partial charge in [-0.05, 0) is 30.5 Å².